The largest absolute Gasteiger partial charge is 0.388 e. The lowest BCUT2D eigenvalue weighted by molar-refractivity contribution is 0.176. The molecule has 0 saturated carbocycles. The number of fused-ring (bicyclic) bond motifs is 1. The lowest BCUT2D eigenvalue weighted by Gasteiger charge is -2.12. The van der Waals surface area contributed by atoms with E-state index in [2.05, 4.69) is 49.4 Å². The summed E-state index contributed by atoms with van der Waals surface area (Å²) in [6.07, 6.45) is 0.499. The van der Waals surface area contributed by atoms with Crippen LogP contribution >= 0.6 is 0 Å². The number of hydrogen-bond donors (Lipinski definition) is 1. The lowest BCUT2D eigenvalue weighted by atomic mass is 9.92. The SMILES string of the molecule is Cc1ccc2c(c1)[C@@H](c1ccccc1)CC2O. The van der Waals surface area contributed by atoms with E-state index in [1.54, 1.807) is 0 Å². The molecule has 1 N–H and O–H groups in total. The van der Waals surface area contributed by atoms with Crippen LogP contribution in [0.1, 0.15) is 40.7 Å². The summed E-state index contributed by atoms with van der Waals surface area (Å²) in [5, 5.41) is 10.1. The van der Waals surface area contributed by atoms with Crippen LogP contribution in [0.5, 0.6) is 0 Å². The predicted molar refractivity (Wildman–Crippen MR) is 69.0 cm³/mol. The van der Waals surface area contributed by atoms with Gasteiger partial charge in [0.15, 0.2) is 0 Å². The summed E-state index contributed by atoms with van der Waals surface area (Å²) in [5.41, 5.74) is 4.96. The van der Waals surface area contributed by atoms with E-state index in [1.165, 1.54) is 16.7 Å². The van der Waals surface area contributed by atoms with Crippen molar-refractivity contribution in [3.63, 3.8) is 0 Å². The summed E-state index contributed by atoms with van der Waals surface area (Å²) in [6, 6.07) is 16.8. The second kappa shape index (κ2) is 4.01. The molecule has 0 fully saturated rings. The van der Waals surface area contributed by atoms with Gasteiger partial charge in [-0.05, 0) is 30.0 Å². The van der Waals surface area contributed by atoms with Crippen molar-refractivity contribution >= 4 is 0 Å². The van der Waals surface area contributed by atoms with Crippen molar-refractivity contribution in [3.05, 3.63) is 70.8 Å². The number of rotatable bonds is 1. The average Bonchev–Trinajstić information content (AvgIpc) is 2.67. The quantitative estimate of drug-likeness (QED) is 0.785. The molecule has 0 bridgehead atoms. The molecule has 0 radical (unpaired) electrons. The fourth-order valence-electron chi connectivity index (χ4n) is 2.78. The van der Waals surface area contributed by atoms with Gasteiger partial charge in [0.05, 0.1) is 6.10 Å². The Morgan fingerprint density at radius 2 is 1.76 bits per heavy atom. The van der Waals surface area contributed by atoms with E-state index < -0.39 is 0 Å². The molecule has 86 valence electrons. The summed E-state index contributed by atoms with van der Waals surface area (Å²) in [4.78, 5) is 0. The molecule has 1 unspecified atom stereocenters. The molecule has 17 heavy (non-hydrogen) atoms. The highest BCUT2D eigenvalue weighted by Gasteiger charge is 2.30. The van der Waals surface area contributed by atoms with Crippen molar-refractivity contribution in [3.8, 4) is 0 Å². The van der Waals surface area contributed by atoms with E-state index in [0.717, 1.165) is 12.0 Å². The molecule has 0 aliphatic heterocycles. The van der Waals surface area contributed by atoms with Gasteiger partial charge in [-0.3, -0.25) is 0 Å². The molecule has 1 heteroatoms. The maximum Gasteiger partial charge on any atom is 0.0802 e. The number of aryl methyl sites for hydroxylation is 1. The highest BCUT2D eigenvalue weighted by atomic mass is 16.3. The van der Waals surface area contributed by atoms with Gasteiger partial charge in [-0.25, -0.2) is 0 Å². The van der Waals surface area contributed by atoms with Gasteiger partial charge in [-0.2, -0.15) is 0 Å². The Bertz CT molecular complexity index is 530. The van der Waals surface area contributed by atoms with Crippen LogP contribution in [-0.4, -0.2) is 5.11 Å². The van der Waals surface area contributed by atoms with Crippen LogP contribution in [0.3, 0.4) is 0 Å². The second-order valence-corrected chi connectivity index (χ2v) is 4.85. The molecule has 0 saturated heterocycles. The van der Waals surface area contributed by atoms with E-state index in [0.29, 0.717) is 5.92 Å². The van der Waals surface area contributed by atoms with Crippen LogP contribution in [0.2, 0.25) is 0 Å². The first-order valence-corrected chi connectivity index (χ1v) is 6.09. The Balaban J connectivity index is 2.09. The van der Waals surface area contributed by atoms with Crippen molar-refractivity contribution < 1.29 is 5.11 Å². The third-order valence-corrected chi connectivity index (χ3v) is 3.64. The van der Waals surface area contributed by atoms with Crippen molar-refractivity contribution in [2.45, 2.75) is 25.4 Å². The maximum absolute atomic E-state index is 10.1. The summed E-state index contributed by atoms with van der Waals surface area (Å²) in [7, 11) is 0. The summed E-state index contributed by atoms with van der Waals surface area (Å²) in [6.45, 7) is 2.10. The van der Waals surface area contributed by atoms with Crippen LogP contribution in [0.15, 0.2) is 48.5 Å². The van der Waals surface area contributed by atoms with Gasteiger partial charge in [0.1, 0.15) is 0 Å². The zero-order valence-corrected chi connectivity index (χ0v) is 9.93. The number of benzene rings is 2. The first-order valence-electron chi connectivity index (χ1n) is 6.09. The van der Waals surface area contributed by atoms with Gasteiger partial charge in [0.2, 0.25) is 0 Å². The smallest absolute Gasteiger partial charge is 0.0802 e. The molecule has 1 aliphatic carbocycles. The summed E-state index contributed by atoms with van der Waals surface area (Å²) < 4.78 is 0. The molecular weight excluding hydrogens is 208 g/mol. The van der Waals surface area contributed by atoms with E-state index in [4.69, 9.17) is 0 Å². The van der Waals surface area contributed by atoms with Gasteiger partial charge >= 0.3 is 0 Å². The Kier molecular flexibility index (Phi) is 2.49. The van der Waals surface area contributed by atoms with Crippen molar-refractivity contribution in [1.29, 1.82) is 0 Å². The van der Waals surface area contributed by atoms with E-state index in [1.807, 2.05) is 6.07 Å². The Labute approximate surface area is 102 Å². The predicted octanol–water partition coefficient (Wildman–Crippen LogP) is 3.56. The monoisotopic (exact) mass is 224 g/mol. The fraction of sp³-hybridized carbons (Fsp3) is 0.250. The number of aliphatic hydroxyl groups excluding tert-OH is 1. The van der Waals surface area contributed by atoms with Gasteiger partial charge in [-0.1, -0.05) is 54.1 Å². The molecule has 0 amide bonds. The minimum atomic E-state index is -0.309. The molecule has 0 aromatic heterocycles. The first kappa shape index (κ1) is 10.5. The van der Waals surface area contributed by atoms with Crippen LogP contribution < -0.4 is 0 Å². The molecule has 1 aliphatic rings. The molecule has 0 spiro atoms. The van der Waals surface area contributed by atoms with Crippen molar-refractivity contribution in [2.75, 3.05) is 0 Å². The lowest BCUT2D eigenvalue weighted by Crippen LogP contribution is -1.96. The van der Waals surface area contributed by atoms with Crippen LogP contribution in [0, 0.1) is 6.92 Å². The molecule has 2 aromatic rings. The van der Waals surface area contributed by atoms with E-state index in [9.17, 15) is 5.11 Å². The van der Waals surface area contributed by atoms with Crippen LogP contribution in [-0.2, 0) is 0 Å². The van der Waals surface area contributed by atoms with E-state index in [-0.39, 0.29) is 6.10 Å². The fourth-order valence-corrected chi connectivity index (χ4v) is 2.78. The standard InChI is InChI=1S/C16H16O/c1-11-7-8-13-15(9-11)14(10-16(13)17)12-5-3-2-4-6-12/h2-9,14,16-17H,10H2,1H3/t14-,16?/m1/s1. The van der Waals surface area contributed by atoms with Crippen molar-refractivity contribution in [2.24, 2.45) is 0 Å². The van der Waals surface area contributed by atoms with Crippen LogP contribution in [0.4, 0.5) is 0 Å². The third-order valence-electron chi connectivity index (χ3n) is 3.64. The molecule has 2 aromatic carbocycles. The Morgan fingerprint density at radius 3 is 2.53 bits per heavy atom. The Hall–Kier alpha value is -1.60. The van der Waals surface area contributed by atoms with Gasteiger partial charge in [-0.15, -0.1) is 0 Å². The highest BCUT2D eigenvalue weighted by Crippen LogP contribution is 2.44. The maximum atomic E-state index is 10.1. The molecule has 0 heterocycles. The first-order chi connectivity index (χ1) is 8.25. The number of hydrogen-bond acceptors (Lipinski definition) is 1. The van der Waals surface area contributed by atoms with Gasteiger partial charge in [0.25, 0.3) is 0 Å². The van der Waals surface area contributed by atoms with E-state index >= 15 is 0 Å². The Morgan fingerprint density at radius 1 is 1.00 bits per heavy atom. The molecule has 2 atom stereocenters. The normalized spacial score (nSPS) is 22.5. The minimum Gasteiger partial charge on any atom is -0.388 e. The minimum absolute atomic E-state index is 0.309. The molecule has 3 rings (SSSR count). The van der Waals surface area contributed by atoms with Crippen molar-refractivity contribution in [1.82, 2.24) is 0 Å². The van der Waals surface area contributed by atoms with Gasteiger partial charge < -0.3 is 5.11 Å². The second-order valence-electron chi connectivity index (χ2n) is 4.85. The third kappa shape index (κ3) is 1.77. The summed E-state index contributed by atoms with van der Waals surface area (Å²) >= 11 is 0. The summed E-state index contributed by atoms with van der Waals surface area (Å²) in [5.74, 6) is 0.348. The average molecular weight is 224 g/mol. The molecular formula is C16H16O. The zero-order valence-electron chi connectivity index (χ0n) is 9.93. The van der Waals surface area contributed by atoms with Crippen LogP contribution in [0.25, 0.3) is 0 Å². The topological polar surface area (TPSA) is 20.2 Å². The highest BCUT2D eigenvalue weighted by molar-refractivity contribution is 5.45. The van der Waals surface area contributed by atoms with Gasteiger partial charge in [0, 0.05) is 5.92 Å². The molecule has 1 nitrogen and oxygen atoms in total. The number of aliphatic hydroxyl groups is 1. The zero-order chi connectivity index (χ0) is 11.8.